The molecule has 1 unspecified atom stereocenters. The first-order valence-electron chi connectivity index (χ1n) is 9.25. The first-order chi connectivity index (χ1) is 14.1. The molecule has 0 bridgehead atoms. The highest BCUT2D eigenvalue weighted by Crippen LogP contribution is 2.44. The average Bonchev–Trinajstić information content (AvgIpc) is 2.75. The molecule has 0 aliphatic heterocycles. The van der Waals surface area contributed by atoms with E-state index in [1.54, 1.807) is 19.1 Å². The van der Waals surface area contributed by atoms with E-state index in [4.69, 9.17) is 20.7 Å². The number of benzene rings is 3. The maximum absolute atomic E-state index is 12.2. The Balaban J connectivity index is 2.18. The van der Waals surface area contributed by atoms with Crippen molar-refractivity contribution in [2.45, 2.75) is 13.8 Å². The summed E-state index contributed by atoms with van der Waals surface area (Å²) >= 11 is 6.94. The molecule has 0 amide bonds. The molecular weight excluding hydrogens is 426 g/mol. The lowest BCUT2D eigenvalue weighted by atomic mass is 10.1. The highest BCUT2D eigenvalue weighted by Gasteiger charge is 2.26. The number of rotatable bonds is 8. The fourth-order valence-electron chi connectivity index (χ4n) is 3.07. The van der Waals surface area contributed by atoms with E-state index in [-0.39, 0.29) is 11.1 Å². The van der Waals surface area contributed by atoms with Gasteiger partial charge in [0.2, 0.25) is 0 Å². The van der Waals surface area contributed by atoms with Crippen LogP contribution in [0.3, 0.4) is 0 Å². The molecule has 0 aliphatic rings. The van der Waals surface area contributed by atoms with E-state index in [9.17, 15) is 9.13 Å². The molecule has 1 atom stereocenters. The van der Waals surface area contributed by atoms with Crippen LogP contribution in [0.4, 0.5) is 0 Å². The van der Waals surface area contributed by atoms with Crippen molar-refractivity contribution in [2.24, 2.45) is 0 Å². The summed E-state index contributed by atoms with van der Waals surface area (Å²) in [5.74, 6) is 0.636. The standard InChI is InChI=1S/C22H21ClO4P2/c1-3-26-18-14-15-20(22(29(24)25)21(18)27-4-2)28(23)19-13-9-8-12-17(19)16-10-6-5-7-11-16/h5-15H,3-4H2,1-2H3. The summed E-state index contributed by atoms with van der Waals surface area (Å²) in [6.07, 6.45) is 0. The van der Waals surface area contributed by atoms with Crippen LogP contribution in [0.15, 0.2) is 66.7 Å². The van der Waals surface area contributed by atoms with Gasteiger partial charge in [-0.2, -0.15) is 0 Å². The van der Waals surface area contributed by atoms with Gasteiger partial charge in [0.1, 0.15) is 5.30 Å². The minimum absolute atomic E-state index is 0.0942. The van der Waals surface area contributed by atoms with Crippen molar-refractivity contribution in [3.63, 3.8) is 0 Å². The predicted molar refractivity (Wildman–Crippen MR) is 121 cm³/mol. The van der Waals surface area contributed by atoms with Gasteiger partial charge in [0.05, 0.1) is 20.5 Å². The van der Waals surface area contributed by atoms with Crippen LogP contribution in [-0.2, 0) is 9.13 Å². The normalized spacial score (nSPS) is 11.7. The fourth-order valence-corrected chi connectivity index (χ4v) is 6.64. The van der Waals surface area contributed by atoms with E-state index in [0.717, 1.165) is 16.4 Å². The molecule has 3 rings (SSSR count). The molecular formula is C22H21ClO4P2. The van der Waals surface area contributed by atoms with Crippen molar-refractivity contribution >= 4 is 42.1 Å². The van der Waals surface area contributed by atoms with Crippen LogP contribution in [-0.4, -0.2) is 13.2 Å². The van der Waals surface area contributed by atoms with E-state index in [1.165, 1.54) is 0 Å². The maximum atomic E-state index is 12.2. The van der Waals surface area contributed by atoms with Crippen LogP contribution < -0.4 is 25.4 Å². The Morgan fingerprint density at radius 1 is 0.793 bits per heavy atom. The fraction of sp³-hybridized carbons (Fsp3) is 0.182. The quantitative estimate of drug-likeness (QED) is 0.427. The molecule has 0 saturated heterocycles. The van der Waals surface area contributed by atoms with E-state index in [0.29, 0.717) is 24.3 Å². The van der Waals surface area contributed by atoms with Crippen LogP contribution in [0.5, 0.6) is 11.5 Å². The summed E-state index contributed by atoms with van der Waals surface area (Å²) in [6, 6.07) is 21.2. The molecule has 0 spiro atoms. The van der Waals surface area contributed by atoms with Gasteiger partial charge in [-0.1, -0.05) is 65.8 Å². The second-order valence-corrected chi connectivity index (χ2v) is 9.55. The Morgan fingerprint density at radius 3 is 2.10 bits per heavy atom. The van der Waals surface area contributed by atoms with Gasteiger partial charge in [0, 0.05) is 10.6 Å². The molecule has 0 fully saturated rings. The summed E-state index contributed by atoms with van der Waals surface area (Å²) in [7, 11) is -4.40. The average molecular weight is 447 g/mol. The number of hydrogen-bond acceptors (Lipinski definition) is 4. The van der Waals surface area contributed by atoms with E-state index >= 15 is 0 Å². The molecule has 3 aromatic carbocycles. The molecule has 0 aromatic heterocycles. The Bertz CT molecular complexity index is 1040. The maximum Gasteiger partial charge on any atom is 0.353 e. The molecule has 0 N–H and O–H groups in total. The predicted octanol–water partition coefficient (Wildman–Crippen LogP) is 5.54. The molecule has 4 nitrogen and oxygen atoms in total. The highest BCUT2D eigenvalue weighted by molar-refractivity contribution is 7.96. The summed E-state index contributed by atoms with van der Waals surface area (Å²) < 4.78 is 35.7. The molecule has 0 heterocycles. The smallest absolute Gasteiger partial charge is 0.353 e. The van der Waals surface area contributed by atoms with Crippen LogP contribution in [0.1, 0.15) is 13.8 Å². The van der Waals surface area contributed by atoms with Gasteiger partial charge >= 0.3 is 7.68 Å². The number of ether oxygens (including phenoxy) is 2. The molecule has 0 saturated carbocycles. The van der Waals surface area contributed by atoms with Gasteiger partial charge in [0.15, 0.2) is 11.5 Å². The van der Waals surface area contributed by atoms with Gasteiger partial charge in [-0.3, -0.25) is 0 Å². The number of halogens is 1. The second kappa shape index (κ2) is 10.1. The first-order valence-corrected chi connectivity index (χ1v) is 12.7. The second-order valence-electron chi connectivity index (χ2n) is 6.05. The Labute approximate surface area is 177 Å². The van der Waals surface area contributed by atoms with Crippen molar-refractivity contribution in [2.75, 3.05) is 13.2 Å². The Hall–Kier alpha value is -2.12. The van der Waals surface area contributed by atoms with E-state index < -0.39 is 15.0 Å². The van der Waals surface area contributed by atoms with Gasteiger partial charge in [-0.05, 0) is 37.1 Å². The largest absolute Gasteiger partial charge is 0.490 e. The van der Waals surface area contributed by atoms with Crippen molar-refractivity contribution in [3.8, 4) is 22.6 Å². The third-order valence-electron chi connectivity index (χ3n) is 4.26. The lowest BCUT2D eigenvalue weighted by Crippen LogP contribution is -2.24. The Morgan fingerprint density at radius 2 is 1.45 bits per heavy atom. The zero-order chi connectivity index (χ0) is 20.8. The van der Waals surface area contributed by atoms with Crippen molar-refractivity contribution in [1.82, 2.24) is 0 Å². The van der Waals surface area contributed by atoms with Crippen molar-refractivity contribution in [3.05, 3.63) is 66.7 Å². The van der Waals surface area contributed by atoms with Crippen LogP contribution in [0.25, 0.3) is 11.1 Å². The zero-order valence-corrected chi connectivity index (χ0v) is 18.7. The monoisotopic (exact) mass is 446 g/mol. The molecule has 0 aliphatic carbocycles. The van der Waals surface area contributed by atoms with Gasteiger partial charge in [0.25, 0.3) is 0 Å². The third kappa shape index (κ3) is 4.73. The zero-order valence-electron chi connectivity index (χ0n) is 16.2. The molecule has 0 radical (unpaired) electrons. The minimum Gasteiger partial charge on any atom is -0.490 e. The Kier molecular flexibility index (Phi) is 7.50. The molecule has 29 heavy (non-hydrogen) atoms. The molecule has 150 valence electrons. The van der Waals surface area contributed by atoms with Gasteiger partial charge in [-0.25, -0.2) is 9.13 Å². The SMILES string of the molecule is CCOc1ccc(P(Cl)c2ccccc2-c2ccccc2)c(P(=O)=O)c1OCC. The number of hydrogen-bond donors (Lipinski definition) is 0. The van der Waals surface area contributed by atoms with Crippen molar-refractivity contribution < 1.29 is 18.6 Å². The third-order valence-corrected chi connectivity index (χ3v) is 7.94. The summed E-state index contributed by atoms with van der Waals surface area (Å²) in [6.45, 7) is 4.37. The van der Waals surface area contributed by atoms with Crippen LogP contribution in [0, 0.1) is 0 Å². The minimum atomic E-state index is -2.94. The molecule has 3 aromatic rings. The van der Waals surface area contributed by atoms with E-state index in [2.05, 4.69) is 0 Å². The van der Waals surface area contributed by atoms with Crippen LogP contribution in [0.2, 0.25) is 0 Å². The van der Waals surface area contributed by atoms with Gasteiger partial charge < -0.3 is 9.47 Å². The van der Waals surface area contributed by atoms with Crippen molar-refractivity contribution in [1.29, 1.82) is 0 Å². The topological polar surface area (TPSA) is 52.6 Å². The van der Waals surface area contributed by atoms with Crippen LogP contribution >= 0.6 is 26.2 Å². The summed E-state index contributed by atoms with van der Waals surface area (Å²) in [5.41, 5.74) is 2.01. The highest BCUT2D eigenvalue weighted by atomic mass is 35.7. The first kappa shape index (κ1) is 21.6. The lowest BCUT2D eigenvalue weighted by Gasteiger charge is -2.19. The van der Waals surface area contributed by atoms with Gasteiger partial charge in [-0.15, -0.1) is 0 Å². The van der Waals surface area contributed by atoms with E-state index in [1.807, 2.05) is 61.5 Å². The lowest BCUT2D eigenvalue weighted by molar-refractivity contribution is 0.290. The summed E-state index contributed by atoms with van der Waals surface area (Å²) in [4.78, 5) is 0. The summed E-state index contributed by atoms with van der Waals surface area (Å²) in [5, 5.41) is 1.52. The molecule has 7 heteroatoms.